The number of nitrogens with zero attached hydrogens (tertiary/aromatic N) is 1. The summed E-state index contributed by atoms with van der Waals surface area (Å²) in [5, 5.41) is 5.96. The molecule has 1 rings (SSSR count). The average molecular weight is 240 g/mol. The summed E-state index contributed by atoms with van der Waals surface area (Å²) in [6, 6.07) is 0.452. The number of carbonyl (C=O) groups excluding carboxylic acids is 1. The van der Waals surface area contributed by atoms with Crippen LogP contribution in [-0.2, 0) is 4.79 Å². The van der Waals surface area contributed by atoms with Crippen molar-refractivity contribution in [1.82, 2.24) is 10.6 Å². The number of rotatable bonds is 7. The fourth-order valence-corrected chi connectivity index (χ4v) is 1.33. The quantitative estimate of drug-likeness (QED) is 0.346. The Bertz CT molecular complexity index is 272. The van der Waals surface area contributed by atoms with E-state index in [4.69, 9.17) is 5.73 Å². The van der Waals surface area contributed by atoms with Crippen molar-refractivity contribution >= 4 is 11.9 Å². The molecule has 1 fully saturated rings. The summed E-state index contributed by atoms with van der Waals surface area (Å²) in [5.41, 5.74) is 5.67. The summed E-state index contributed by atoms with van der Waals surface area (Å²) in [6.45, 7) is 5.63. The van der Waals surface area contributed by atoms with E-state index < -0.39 is 0 Å². The van der Waals surface area contributed by atoms with Gasteiger partial charge in [0.15, 0.2) is 5.96 Å². The number of nitrogens with one attached hydrogen (secondary N) is 2. The molecule has 0 atom stereocenters. The fraction of sp³-hybridized carbons (Fsp3) is 0.833. The molecule has 0 saturated heterocycles. The Morgan fingerprint density at radius 1 is 1.47 bits per heavy atom. The van der Waals surface area contributed by atoms with Gasteiger partial charge in [-0.3, -0.25) is 9.79 Å². The van der Waals surface area contributed by atoms with E-state index in [2.05, 4.69) is 29.5 Å². The van der Waals surface area contributed by atoms with E-state index in [9.17, 15) is 4.79 Å². The van der Waals surface area contributed by atoms with E-state index >= 15 is 0 Å². The highest BCUT2D eigenvalue weighted by atomic mass is 16.1. The fourth-order valence-electron chi connectivity index (χ4n) is 1.33. The minimum Gasteiger partial charge on any atom is -0.370 e. The zero-order chi connectivity index (χ0) is 12.7. The third-order valence-electron chi connectivity index (χ3n) is 2.46. The predicted octanol–water partition coefficient (Wildman–Crippen LogP) is 0.606. The Hall–Kier alpha value is -1.26. The highest BCUT2D eigenvalue weighted by Gasteiger charge is 2.22. The van der Waals surface area contributed by atoms with Gasteiger partial charge in [0.1, 0.15) is 0 Å². The van der Waals surface area contributed by atoms with Crippen molar-refractivity contribution in [2.45, 2.75) is 45.6 Å². The molecule has 17 heavy (non-hydrogen) atoms. The van der Waals surface area contributed by atoms with Crippen molar-refractivity contribution in [2.24, 2.45) is 16.6 Å². The molecule has 5 heteroatoms. The first-order valence-electron chi connectivity index (χ1n) is 6.41. The maximum Gasteiger partial charge on any atom is 0.220 e. The number of hydrogen-bond acceptors (Lipinski definition) is 2. The molecule has 0 unspecified atom stereocenters. The lowest BCUT2D eigenvalue weighted by molar-refractivity contribution is -0.121. The Labute approximate surface area is 103 Å². The van der Waals surface area contributed by atoms with E-state index in [0.717, 1.165) is 25.8 Å². The Balaban J connectivity index is 1.98. The molecule has 0 radical (unpaired) electrons. The molecular formula is C12H24N4O. The third-order valence-corrected chi connectivity index (χ3v) is 2.46. The van der Waals surface area contributed by atoms with Gasteiger partial charge in [-0.1, -0.05) is 13.8 Å². The molecule has 5 nitrogen and oxygen atoms in total. The van der Waals surface area contributed by atoms with Crippen molar-refractivity contribution in [3.05, 3.63) is 0 Å². The van der Waals surface area contributed by atoms with Gasteiger partial charge in [0.25, 0.3) is 0 Å². The zero-order valence-electron chi connectivity index (χ0n) is 10.8. The number of guanidine groups is 1. The van der Waals surface area contributed by atoms with Crippen LogP contribution in [0.25, 0.3) is 0 Å². The van der Waals surface area contributed by atoms with Crippen LogP contribution in [0, 0.1) is 5.92 Å². The molecule has 0 heterocycles. The second kappa shape index (κ2) is 7.14. The maximum absolute atomic E-state index is 11.4. The van der Waals surface area contributed by atoms with Crippen LogP contribution < -0.4 is 16.4 Å². The second-order valence-electron chi connectivity index (χ2n) is 4.99. The van der Waals surface area contributed by atoms with Gasteiger partial charge >= 0.3 is 0 Å². The van der Waals surface area contributed by atoms with Gasteiger partial charge in [-0.25, -0.2) is 0 Å². The lowest BCUT2D eigenvalue weighted by atomic mass is 10.2. The van der Waals surface area contributed by atoms with Gasteiger partial charge in [-0.2, -0.15) is 0 Å². The molecule has 0 aliphatic heterocycles. The summed E-state index contributed by atoms with van der Waals surface area (Å²) in [4.78, 5) is 15.5. The van der Waals surface area contributed by atoms with Crippen LogP contribution in [0.5, 0.6) is 0 Å². The summed E-state index contributed by atoms with van der Waals surface area (Å²) in [5.74, 6) is 1.13. The van der Waals surface area contributed by atoms with Crippen LogP contribution in [0.3, 0.4) is 0 Å². The van der Waals surface area contributed by atoms with Crippen LogP contribution in [0.15, 0.2) is 4.99 Å². The van der Waals surface area contributed by atoms with E-state index in [1.54, 1.807) is 0 Å². The van der Waals surface area contributed by atoms with Crippen LogP contribution in [0.1, 0.15) is 39.5 Å². The minimum absolute atomic E-state index is 0.145. The SMILES string of the molecule is CC(C)CN=C(N)NCCCC(=O)NC1CC1. The second-order valence-corrected chi connectivity index (χ2v) is 4.99. The van der Waals surface area contributed by atoms with Crippen LogP contribution in [0.4, 0.5) is 0 Å². The Morgan fingerprint density at radius 2 is 2.18 bits per heavy atom. The summed E-state index contributed by atoms with van der Waals surface area (Å²) in [6.07, 6.45) is 3.62. The van der Waals surface area contributed by atoms with E-state index in [0.29, 0.717) is 30.9 Å². The molecule has 0 aromatic rings. The highest BCUT2D eigenvalue weighted by molar-refractivity contribution is 5.78. The average Bonchev–Trinajstić information content (AvgIpc) is 3.05. The number of carbonyl (C=O) groups is 1. The molecule has 0 spiro atoms. The zero-order valence-corrected chi connectivity index (χ0v) is 10.8. The Morgan fingerprint density at radius 3 is 2.76 bits per heavy atom. The van der Waals surface area contributed by atoms with E-state index in [-0.39, 0.29) is 5.91 Å². The summed E-state index contributed by atoms with van der Waals surface area (Å²) in [7, 11) is 0. The molecule has 0 aromatic heterocycles. The lowest BCUT2D eigenvalue weighted by Gasteiger charge is -2.06. The van der Waals surface area contributed by atoms with Crippen molar-refractivity contribution < 1.29 is 4.79 Å². The summed E-state index contributed by atoms with van der Waals surface area (Å²) < 4.78 is 0. The van der Waals surface area contributed by atoms with Crippen LogP contribution in [-0.4, -0.2) is 31.0 Å². The van der Waals surface area contributed by atoms with Gasteiger partial charge in [0.05, 0.1) is 0 Å². The van der Waals surface area contributed by atoms with Crippen molar-refractivity contribution in [1.29, 1.82) is 0 Å². The first-order chi connectivity index (χ1) is 8.08. The van der Waals surface area contributed by atoms with E-state index in [1.807, 2.05) is 0 Å². The van der Waals surface area contributed by atoms with Crippen LogP contribution in [0.2, 0.25) is 0 Å². The number of hydrogen-bond donors (Lipinski definition) is 3. The lowest BCUT2D eigenvalue weighted by Crippen LogP contribution is -2.33. The van der Waals surface area contributed by atoms with Gasteiger partial charge < -0.3 is 16.4 Å². The van der Waals surface area contributed by atoms with Gasteiger partial charge in [-0.15, -0.1) is 0 Å². The largest absolute Gasteiger partial charge is 0.370 e. The molecule has 0 aromatic carbocycles. The highest BCUT2D eigenvalue weighted by Crippen LogP contribution is 2.18. The van der Waals surface area contributed by atoms with Crippen molar-refractivity contribution in [3.63, 3.8) is 0 Å². The minimum atomic E-state index is 0.145. The predicted molar refractivity (Wildman–Crippen MR) is 69.7 cm³/mol. The number of nitrogens with two attached hydrogens (primary N) is 1. The van der Waals surface area contributed by atoms with E-state index in [1.165, 1.54) is 0 Å². The van der Waals surface area contributed by atoms with Gasteiger partial charge in [0.2, 0.25) is 5.91 Å². The van der Waals surface area contributed by atoms with Crippen molar-refractivity contribution in [3.8, 4) is 0 Å². The van der Waals surface area contributed by atoms with Gasteiger partial charge in [0, 0.05) is 25.6 Å². The Kier molecular flexibility index (Phi) is 5.80. The first kappa shape index (κ1) is 13.8. The normalized spacial score (nSPS) is 16.1. The maximum atomic E-state index is 11.4. The molecule has 0 bridgehead atoms. The van der Waals surface area contributed by atoms with Gasteiger partial charge in [-0.05, 0) is 25.2 Å². The van der Waals surface area contributed by atoms with Crippen LogP contribution >= 0.6 is 0 Å². The van der Waals surface area contributed by atoms with Crippen molar-refractivity contribution in [2.75, 3.05) is 13.1 Å². The molecule has 98 valence electrons. The summed E-state index contributed by atoms with van der Waals surface area (Å²) >= 11 is 0. The topological polar surface area (TPSA) is 79.5 Å². The number of aliphatic imine (C=N–C) groups is 1. The molecule has 1 aliphatic rings. The molecule has 4 N–H and O–H groups in total. The molecule has 1 saturated carbocycles. The molecule has 1 aliphatic carbocycles. The molecular weight excluding hydrogens is 216 g/mol. The first-order valence-corrected chi connectivity index (χ1v) is 6.41. The number of amides is 1. The third kappa shape index (κ3) is 7.60. The standard InChI is InChI=1S/C12H24N4O/c1-9(2)8-15-12(13)14-7-3-4-11(17)16-10-5-6-10/h9-10H,3-8H2,1-2H3,(H,16,17)(H3,13,14,15). The molecule has 1 amide bonds. The monoisotopic (exact) mass is 240 g/mol. The smallest absolute Gasteiger partial charge is 0.220 e.